The molecule has 1 fully saturated rings. The minimum atomic E-state index is -0.0198. The van der Waals surface area contributed by atoms with Gasteiger partial charge >= 0.3 is 0 Å². The Kier molecular flexibility index (Phi) is 6.55. The molecule has 4 rings (SSSR count). The standard InChI is InChI=1S/C24H27N3O2S/c1-3-18-15-19-14-17(2)8-9-20(19)26-24(18)30-16-23(28)25-21-6-4-5-7-22(21)27-10-12-29-13-11-27/h4-9,14-15H,3,10-13,16H2,1-2H3,(H,25,28). The maximum atomic E-state index is 12.7. The topological polar surface area (TPSA) is 54.5 Å². The van der Waals surface area contributed by atoms with Crippen LogP contribution >= 0.6 is 11.8 Å². The minimum absolute atomic E-state index is 0.0198. The molecule has 3 aromatic rings. The highest BCUT2D eigenvalue weighted by atomic mass is 32.2. The van der Waals surface area contributed by atoms with Gasteiger partial charge in [0.25, 0.3) is 0 Å². The van der Waals surface area contributed by atoms with Gasteiger partial charge in [0.2, 0.25) is 5.91 Å². The van der Waals surface area contributed by atoms with Gasteiger partial charge in [0.15, 0.2) is 0 Å². The van der Waals surface area contributed by atoms with Crippen molar-refractivity contribution in [1.29, 1.82) is 0 Å². The lowest BCUT2D eigenvalue weighted by Crippen LogP contribution is -2.36. The van der Waals surface area contributed by atoms with E-state index in [1.165, 1.54) is 22.9 Å². The Hall–Kier alpha value is -2.57. The average Bonchev–Trinajstić information content (AvgIpc) is 2.78. The van der Waals surface area contributed by atoms with Crippen LogP contribution in [-0.2, 0) is 16.0 Å². The number of hydrogen-bond acceptors (Lipinski definition) is 5. The van der Waals surface area contributed by atoms with Gasteiger partial charge in [0, 0.05) is 18.5 Å². The normalized spacial score (nSPS) is 14.1. The molecule has 156 valence electrons. The number of ether oxygens (including phenoxy) is 1. The van der Waals surface area contributed by atoms with Gasteiger partial charge in [-0.2, -0.15) is 0 Å². The predicted octanol–water partition coefficient (Wildman–Crippen LogP) is 4.67. The molecule has 0 saturated carbocycles. The second-order valence-corrected chi connectivity index (χ2v) is 8.42. The maximum absolute atomic E-state index is 12.7. The number of nitrogens with zero attached hydrogens (tertiary/aromatic N) is 2. The number of carbonyl (C=O) groups is 1. The lowest BCUT2D eigenvalue weighted by Gasteiger charge is -2.30. The molecule has 1 aromatic heterocycles. The van der Waals surface area contributed by atoms with E-state index in [0.717, 1.165) is 46.8 Å². The number of para-hydroxylation sites is 2. The number of morpholine rings is 1. The summed E-state index contributed by atoms with van der Waals surface area (Å²) < 4.78 is 5.45. The fourth-order valence-corrected chi connectivity index (χ4v) is 4.57. The number of benzene rings is 2. The Balaban J connectivity index is 1.46. The summed E-state index contributed by atoms with van der Waals surface area (Å²) >= 11 is 1.50. The third-order valence-corrected chi connectivity index (χ3v) is 6.29. The molecule has 0 atom stereocenters. The van der Waals surface area contributed by atoms with Crippen LogP contribution in [0.3, 0.4) is 0 Å². The van der Waals surface area contributed by atoms with Crippen LogP contribution in [0.4, 0.5) is 11.4 Å². The molecule has 30 heavy (non-hydrogen) atoms. The maximum Gasteiger partial charge on any atom is 0.234 e. The van der Waals surface area contributed by atoms with Crippen molar-refractivity contribution in [3.05, 3.63) is 59.7 Å². The highest BCUT2D eigenvalue weighted by molar-refractivity contribution is 8.00. The third kappa shape index (κ3) is 4.77. The van der Waals surface area contributed by atoms with Crippen LogP contribution in [0.15, 0.2) is 53.6 Å². The van der Waals surface area contributed by atoms with Crippen molar-refractivity contribution in [2.24, 2.45) is 0 Å². The SMILES string of the molecule is CCc1cc2cc(C)ccc2nc1SCC(=O)Nc1ccccc1N1CCOCC1. The summed E-state index contributed by atoms with van der Waals surface area (Å²) in [4.78, 5) is 19.8. The van der Waals surface area contributed by atoms with E-state index in [1.807, 2.05) is 24.3 Å². The quantitative estimate of drug-likeness (QED) is 0.586. The summed E-state index contributed by atoms with van der Waals surface area (Å²) in [7, 11) is 0. The molecule has 6 heteroatoms. The number of anilines is 2. The van der Waals surface area contributed by atoms with E-state index < -0.39 is 0 Å². The highest BCUT2D eigenvalue weighted by Crippen LogP contribution is 2.28. The van der Waals surface area contributed by atoms with Gasteiger partial charge in [0.05, 0.1) is 35.9 Å². The highest BCUT2D eigenvalue weighted by Gasteiger charge is 2.16. The average molecular weight is 422 g/mol. The van der Waals surface area contributed by atoms with E-state index in [0.29, 0.717) is 19.0 Å². The zero-order valence-corrected chi connectivity index (χ0v) is 18.3. The van der Waals surface area contributed by atoms with Crippen molar-refractivity contribution in [2.75, 3.05) is 42.3 Å². The number of aromatic nitrogens is 1. The molecule has 0 unspecified atom stereocenters. The monoisotopic (exact) mass is 421 g/mol. The number of rotatable bonds is 6. The van der Waals surface area contributed by atoms with Gasteiger partial charge in [-0.1, -0.05) is 42.4 Å². The van der Waals surface area contributed by atoms with Crippen LogP contribution in [0, 0.1) is 6.92 Å². The Morgan fingerprint density at radius 2 is 1.97 bits per heavy atom. The first-order valence-electron chi connectivity index (χ1n) is 10.4. The molecule has 0 radical (unpaired) electrons. The van der Waals surface area contributed by atoms with E-state index in [9.17, 15) is 4.79 Å². The molecule has 1 amide bonds. The molecule has 0 aliphatic carbocycles. The van der Waals surface area contributed by atoms with Gasteiger partial charge < -0.3 is 15.0 Å². The molecular formula is C24H27N3O2S. The summed E-state index contributed by atoms with van der Waals surface area (Å²) in [6, 6.07) is 16.4. The summed E-state index contributed by atoms with van der Waals surface area (Å²) in [6.45, 7) is 7.31. The Labute approximate surface area is 181 Å². The first kappa shape index (κ1) is 20.7. The molecule has 5 nitrogen and oxygen atoms in total. The second-order valence-electron chi connectivity index (χ2n) is 7.46. The number of aryl methyl sites for hydroxylation is 2. The first-order chi connectivity index (χ1) is 14.6. The van der Waals surface area contributed by atoms with Gasteiger partial charge in [-0.05, 0) is 49.2 Å². The molecule has 0 bridgehead atoms. The number of carbonyl (C=O) groups excluding carboxylic acids is 1. The third-order valence-electron chi connectivity index (χ3n) is 5.26. The van der Waals surface area contributed by atoms with Crippen molar-refractivity contribution in [1.82, 2.24) is 4.98 Å². The second kappa shape index (κ2) is 9.49. The smallest absolute Gasteiger partial charge is 0.234 e. The van der Waals surface area contributed by atoms with Gasteiger partial charge in [-0.3, -0.25) is 4.79 Å². The van der Waals surface area contributed by atoms with Gasteiger partial charge in [0.1, 0.15) is 5.03 Å². The van der Waals surface area contributed by atoms with E-state index in [4.69, 9.17) is 9.72 Å². The minimum Gasteiger partial charge on any atom is -0.378 e. The Morgan fingerprint density at radius 1 is 1.17 bits per heavy atom. The first-order valence-corrected chi connectivity index (χ1v) is 11.4. The van der Waals surface area contributed by atoms with Crippen LogP contribution in [0.25, 0.3) is 10.9 Å². The van der Waals surface area contributed by atoms with Crippen LogP contribution < -0.4 is 10.2 Å². The Morgan fingerprint density at radius 3 is 2.77 bits per heavy atom. The number of amides is 1. The predicted molar refractivity (Wildman–Crippen MR) is 125 cm³/mol. The lowest BCUT2D eigenvalue weighted by atomic mass is 10.1. The largest absolute Gasteiger partial charge is 0.378 e. The zero-order valence-electron chi connectivity index (χ0n) is 17.5. The Bertz CT molecular complexity index is 1050. The van der Waals surface area contributed by atoms with Crippen molar-refractivity contribution >= 4 is 39.9 Å². The fourth-order valence-electron chi connectivity index (χ4n) is 3.68. The molecule has 1 aliphatic rings. The fraction of sp³-hybridized carbons (Fsp3) is 0.333. The molecule has 2 heterocycles. The van der Waals surface area contributed by atoms with Gasteiger partial charge in [-0.15, -0.1) is 0 Å². The number of hydrogen-bond donors (Lipinski definition) is 1. The van der Waals surface area contributed by atoms with Crippen molar-refractivity contribution in [3.63, 3.8) is 0 Å². The number of nitrogens with one attached hydrogen (secondary N) is 1. The molecular weight excluding hydrogens is 394 g/mol. The molecule has 1 N–H and O–H groups in total. The van der Waals surface area contributed by atoms with E-state index in [1.54, 1.807) is 0 Å². The summed E-state index contributed by atoms with van der Waals surface area (Å²) in [5, 5.41) is 5.18. The molecule has 1 aliphatic heterocycles. The molecule has 1 saturated heterocycles. The van der Waals surface area contributed by atoms with E-state index in [-0.39, 0.29) is 5.91 Å². The zero-order chi connectivity index (χ0) is 20.9. The summed E-state index contributed by atoms with van der Waals surface area (Å²) in [5.74, 6) is 0.308. The van der Waals surface area contributed by atoms with Crippen LogP contribution in [-0.4, -0.2) is 42.9 Å². The van der Waals surface area contributed by atoms with Gasteiger partial charge in [-0.25, -0.2) is 4.98 Å². The van der Waals surface area contributed by atoms with Crippen molar-refractivity contribution in [3.8, 4) is 0 Å². The number of thioether (sulfide) groups is 1. The number of fused-ring (bicyclic) bond motifs is 1. The number of pyridine rings is 1. The molecule has 2 aromatic carbocycles. The summed E-state index contributed by atoms with van der Waals surface area (Å²) in [5.41, 5.74) is 5.28. The van der Waals surface area contributed by atoms with Crippen LogP contribution in [0.5, 0.6) is 0 Å². The summed E-state index contributed by atoms with van der Waals surface area (Å²) in [6.07, 6.45) is 0.890. The van der Waals surface area contributed by atoms with E-state index in [2.05, 4.69) is 48.3 Å². The van der Waals surface area contributed by atoms with Crippen molar-refractivity contribution < 1.29 is 9.53 Å². The molecule has 0 spiro atoms. The van der Waals surface area contributed by atoms with E-state index >= 15 is 0 Å². The lowest BCUT2D eigenvalue weighted by molar-refractivity contribution is -0.113. The van der Waals surface area contributed by atoms with Crippen LogP contribution in [0.1, 0.15) is 18.1 Å². The van der Waals surface area contributed by atoms with Crippen molar-refractivity contribution in [2.45, 2.75) is 25.3 Å². The van der Waals surface area contributed by atoms with Crippen LogP contribution in [0.2, 0.25) is 0 Å².